The highest BCUT2D eigenvalue weighted by atomic mass is 16.4. The van der Waals surface area contributed by atoms with E-state index >= 15 is 0 Å². The summed E-state index contributed by atoms with van der Waals surface area (Å²) in [7, 11) is 0. The molecule has 118 valence electrons. The number of carbonyl (C=O) groups is 3. The maximum absolute atomic E-state index is 12.1. The molecule has 3 N–H and O–H groups in total. The number of anilines is 1. The van der Waals surface area contributed by atoms with E-state index in [4.69, 9.17) is 5.11 Å². The Morgan fingerprint density at radius 2 is 1.73 bits per heavy atom. The van der Waals surface area contributed by atoms with Crippen LogP contribution in [-0.4, -0.2) is 28.9 Å². The third-order valence-corrected chi connectivity index (χ3v) is 3.58. The van der Waals surface area contributed by atoms with Crippen LogP contribution in [0.4, 0.5) is 5.69 Å². The molecule has 22 heavy (non-hydrogen) atoms. The summed E-state index contributed by atoms with van der Waals surface area (Å²) in [5.41, 5.74) is 0.989. The zero-order chi connectivity index (χ0) is 16.3. The minimum atomic E-state index is -1.06. The molecule has 1 aromatic carbocycles. The molecular formula is C16H20N2O4. The Morgan fingerprint density at radius 1 is 1.14 bits per heavy atom. The Balaban J connectivity index is 1.98. The van der Waals surface area contributed by atoms with Crippen molar-refractivity contribution in [3.05, 3.63) is 29.8 Å². The predicted octanol–water partition coefficient (Wildman–Crippen LogP) is 1.87. The number of nitrogens with one attached hydrogen (secondary N) is 2. The van der Waals surface area contributed by atoms with E-state index in [1.165, 1.54) is 0 Å². The summed E-state index contributed by atoms with van der Waals surface area (Å²) < 4.78 is 0. The summed E-state index contributed by atoms with van der Waals surface area (Å²) in [6.07, 6.45) is 1.86. The smallest absolute Gasteiger partial charge is 0.326 e. The van der Waals surface area contributed by atoms with Crippen molar-refractivity contribution in [3.63, 3.8) is 0 Å². The summed E-state index contributed by atoms with van der Waals surface area (Å²) >= 11 is 0. The lowest BCUT2D eigenvalue weighted by Gasteiger charge is -2.18. The van der Waals surface area contributed by atoms with Crippen molar-refractivity contribution in [1.29, 1.82) is 0 Å². The number of hydrogen-bond acceptors (Lipinski definition) is 3. The topological polar surface area (TPSA) is 95.5 Å². The highest BCUT2D eigenvalue weighted by Crippen LogP contribution is 2.30. The molecule has 1 unspecified atom stereocenters. The van der Waals surface area contributed by atoms with Crippen LogP contribution < -0.4 is 10.6 Å². The number of amides is 2. The van der Waals surface area contributed by atoms with Crippen LogP contribution in [0.2, 0.25) is 0 Å². The van der Waals surface area contributed by atoms with Gasteiger partial charge in [0.1, 0.15) is 6.04 Å². The number of carboxylic acid groups (broad SMARTS) is 1. The lowest BCUT2D eigenvalue weighted by atomic mass is 10.0. The summed E-state index contributed by atoms with van der Waals surface area (Å²) in [6.45, 7) is 3.46. The summed E-state index contributed by atoms with van der Waals surface area (Å²) in [5, 5.41) is 14.4. The average Bonchev–Trinajstić information content (AvgIpc) is 3.29. The van der Waals surface area contributed by atoms with E-state index in [1.54, 1.807) is 38.1 Å². The zero-order valence-electron chi connectivity index (χ0n) is 12.6. The number of aliphatic carboxylic acids is 1. The molecule has 0 aliphatic heterocycles. The van der Waals surface area contributed by atoms with Crippen LogP contribution in [0.5, 0.6) is 0 Å². The van der Waals surface area contributed by atoms with Crippen molar-refractivity contribution in [1.82, 2.24) is 5.32 Å². The van der Waals surface area contributed by atoms with E-state index < -0.39 is 17.9 Å². The van der Waals surface area contributed by atoms with Gasteiger partial charge in [-0.15, -0.1) is 0 Å². The van der Waals surface area contributed by atoms with Crippen LogP contribution in [-0.2, 0) is 9.59 Å². The molecule has 1 aromatic rings. The second-order valence-electron chi connectivity index (χ2n) is 5.87. The fourth-order valence-electron chi connectivity index (χ4n) is 2.03. The summed E-state index contributed by atoms with van der Waals surface area (Å²) in [6, 6.07) is 5.48. The van der Waals surface area contributed by atoms with Crippen molar-refractivity contribution in [2.75, 3.05) is 5.32 Å². The highest BCUT2D eigenvalue weighted by molar-refractivity contribution is 5.98. The number of carbonyl (C=O) groups excluding carboxylic acids is 2. The van der Waals surface area contributed by atoms with Gasteiger partial charge in [0.25, 0.3) is 5.91 Å². The Labute approximate surface area is 128 Å². The van der Waals surface area contributed by atoms with E-state index in [-0.39, 0.29) is 17.7 Å². The van der Waals surface area contributed by atoms with Gasteiger partial charge in [0.2, 0.25) is 5.91 Å². The van der Waals surface area contributed by atoms with E-state index in [1.807, 2.05) is 0 Å². The van der Waals surface area contributed by atoms with E-state index in [0.717, 1.165) is 12.8 Å². The third kappa shape index (κ3) is 4.07. The molecule has 1 fully saturated rings. The second-order valence-corrected chi connectivity index (χ2v) is 5.87. The van der Waals surface area contributed by atoms with Gasteiger partial charge in [0.05, 0.1) is 0 Å². The maximum Gasteiger partial charge on any atom is 0.326 e. The van der Waals surface area contributed by atoms with Crippen LogP contribution in [0.15, 0.2) is 24.3 Å². The Morgan fingerprint density at radius 3 is 2.18 bits per heavy atom. The Bertz CT molecular complexity index is 576. The minimum Gasteiger partial charge on any atom is -0.480 e. The number of benzene rings is 1. The largest absolute Gasteiger partial charge is 0.480 e. The van der Waals surface area contributed by atoms with E-state index in [0.29, 0.717) is 11.3 Å². The van der Waals surface area contributed by atoms with Gasteiger partial charge in [-0.1, -0.05) is 13.8 Å². The van der Waals surface area contributed by atoms with Gasteiger partial charge in [-0.05, 0) is 43.0 Å². The van der Waals surface area contributed by atoms with Gasteiger partial charge >= 0.3 is 5.97 Å². The normalized spacial score (nSPS) is 15.2. The third-order valence-electron chi connectivity index (χ3n) is 3.58. The lowest BCUT2D eigenvalue weighted by molar-refractivity contribution is -0.140. The van der Waals surface area contributed by atoms with Crippen molar-refractivity contribution in [3.8, 4) is 0 Å². The van der Waals surface area contributed by atoms with Crippen LogP contribution in [0, 0.1) is 11.8 Å². The molecule has 0 spiro atoms. The van der Waals surface area contributed by atoms with E-state index in [9.17, 15) is 14.4 Å². The van der Waals surface area contributed by atoms with Crippen molar-refractivity contribution < 1.29 is 19.5 Å². The van der Waals surface area contributed by atoms with Crippen LogP contribution in [0.1, 0.15) is 37.0 Å². The maximum atomic E-state index is 12.1. The molecule has 2 amide bonds. The van der Waals surface area contributed by atoms with E-state index in [2.05, 4.69) is 10.6 Å². The standard InChI is InChI=1S/C16H20N2O4/c1-9(2)13(16(21)22)18-15(20)11-5-7-12(8-6-11)17-14(19)10-3-4-10/h5-10,13H,3-4H2,1-2H3,(H,17,19)(H,18,20)(H,21,22). The van der Waals surface area contributed by atoms with Crippen LogP contribution in [0.3, 0.4) is 0 Å². The molecule has 0 radical (unpaired) electrons. The van der Waals surface area contributed by atoms with Crippen LogP contribution in [0.25, 0.3) is 0 Å². The van der Waals surface area contributed by atoms with Crippen LogP contribution >= 0.6 is 0 Å². The van der Waals surface area contributed by atoms with Crippen molar-refractivity contribution >= 4 is 23.5 Å². The molecule has 1 atom stereocenters. The number of rotatable bonds is 6. The number of carboxylic acids is 1. The van der Waals surface area contributed by atoms with Crippen molar-refractivity contribution in [2.24, 2.45) is 11.8 Å². The molecule has 6 nitrogen and oxygen atoms in total. The predicted molar refractivity (Wildman–Crippen MR) is 81.5 cm³/mol. The van der Waals surface area contributed by atoms with Gasteiger partial charge in [-0.25, -0.2) is 4.79 Å². The molecular weight excluding hydrogens is 284 g/mol. The summed E-state index contributed by atoms with van der Waals surface area (Å²) in [4.78, 5) is 34.8. The molecule has 0 saturated heterocycles. The van der Waals surface area contributed by atoms with Crippen molar-refractivity contribution in [2.45, 2.75) is 32.7 Å². The first-order valence-corrected chi connectivity index (χ1v) is 7.33. The molecule has 1 aliphatic carbocycles. The summed E-state index contributed by atoms with van der Waals surface area (Å²) in [5.74, 6) is -1.59. The first-order valence-electron chi connectivity index (χ1n) is 7.33. The quantitative estimate of drug-likeness (QED) is 0.747. The van der Waals surface area contributed by atoms with Gasteiger partial charge in [-0.3, -0.25) is 9.59 Å². The lowest BCUT2D eigenvalue weighted by Crippen LogP contribution is -2.44. The molecule has 0 aromatic heterocycles. The zero-order valence-corrected chi connectivity index (χ0v) is 12.6. The fraction of sp³-hybridized carbons (Fsp3) is 0.438. The van der Waals surface area contributed by atoms with Gasteiger partial charge < -0.3 is 15.7 Å². The number of hydrogen-bond donors (Lipinski definition) is 3. The molecule has 0 heterocycles. The first-order chi connectivity index (χ1) is 10.4. The fourth-order valence-corrected chi connectivity index (χ4v) is 2.03. The van der Waals surface area contributed by atoms with Gasteiger partial charge in [0.15, 0.2) is 0 Å². The second kappa shape index (κ2) is 6.60. The Hall–Kier alpha value is -2.37. The highest BCUT2D eigenvalue weighted by Gasteiger charge is 2.29. The molecule has 2 rings (SSSR count). The molecule has 1 saturated carbocycles. The molecule has 0 bridgehead atoms. The molecule has 1 aliphatic rings. The first kappa shape index (κ1) is 16.0. The monoisotopic (exact) mass is 304 g/mol. The van der Waals surface area contributed by atoms with Gasteiger partial charge in [-0.2, -0.15) is 0 Å². The minimum absolute atomic E-state index is 0.00273. The molecule has 6 heteroatoms. The SMILES string of the molecule is CC(C)C(NC(=O)c1ccc(NC(=O)C2CC2)cc1)C(=O)O. The Kier molecular flexibility index (Phi) is 4.80. The van der Waals surface area contributed by atoms with Gasteiger partial charge in [0, 0.05) is 17.2 Å². The average molecular weight is 304 g/mol.